The number of unbranched alkanes of at least 4 members (excludes halogenated alkanes) is 2. The van der Waals surface area contributed by atoms with Gasteiger partial charge in [0.2, 0.25) is 0 Å². The Bertz CT molecular complexity index is 438. The normalized spacial score (nSPS) is 11.4. The SMILES string of the molecule is CCCCc1[se]c2sccc2c1CCCC. The van der Waals surface area contributed by atoms with Crippen LogP contribution in [0.3, 0.4) is 0 Å². The molecule has 0 saturated carbocycles. The fourth-order valence-corrected chi connectivity index (χ4v) is 6.28. The zero-order chi connectivity index (χ0) is 11.4. The van der Waals surface area contributed by atoms with Gasteiger partial charge in [-0.1, -0.05) is 0 Å². The van der Waals surface area contributed by atoms with E-state index in [-0.39, 0.29) is 0 Å². The number of aryl methyl sites for hydroxylation is 2. The van der Waals surface area contributed by atoms with Crippen LogP contribution in [0.5, 0.6) is 0 Å². The van der Waals surface area contributed by atoms with Gasteiger partial charge in [-0.3, -0.25) is 0 Å². The molecule has 0 fully saturated rings. The Morgan fingerprint density at radius 1 is 1.12 bits per heavy atom. The van der Waals surface area contributed by atoms with Crippen molar-refractivity contribution in [1.82, 2.24) is 0 Å². The van der Waals surface area contributed by atoms with Crippen molar-refractivity contribution in [3.8, 4) is 0 Å². The van der Waals surface area contributed by atoms with Gasteiger partial charge in [0.25, 0.3) is 0 Å². The Hall–Kier alpha value is -0.0405. The van der Waals surface area contributed by atoms with Crippen LogP contribution in [-0.2, 0) is 12.8 Å². The van der Waals surface area contributed by atoms with Gasteiger partial charge >= 0.3 is 109 Å². The third-order valence-corrected chi connectivity index (χ3v) is 7.10. The zero-order valence-electron chi connectivity index (χ0n) is 10.2. The first-order chi connectivity index (χ1) is 7.86. The molecule has 2 aromatic rings. The molecule has 2 heterocycles. The standard InChI is InChI=1S/C14H20SSe/c1-3-5-7-11-12-9-10-15-14(12)16-13(11)8-6-4-2/h9-10H,3-8H2,1-2H3. The molecule has 0 aliphatic heterocycles. The second-order valence-electron chi connectivity index (χ2n) is 4.33. The van der Waals surface area contributed by atoms with Crippen molar-refractivity contribution in [1.29, 1.82) is 0 Å². The van der Waals surface area contributed by atoms with Gasteiger partial charge < -0.3 is 0 Å². The van der Waals surface area contributed by atoms with Crippen LogP contribution in [0.4, 0.5) is 0 Å². The summed E-state index contributed by atoms with van der Waals surface area (Å²) in [5, 5.41) is 3.89. The summed E-state index contributed by atoms with van der Waals surface area (Å²) in [7, 11) is 0. The Morgan fingerprint density at radius 2 is 1.88 bits per heavy atom. The fraction of sp³-hybridized carbons (Fsp3) is 0.571. The van der Waals surface area contributed by atoms with E-state index in [9.17, 15) is 0 Å². The van der Waals surface area contributed by atoms with Crippen LogP contribution >= 0.6 is 11.3 Å². The van der Waals surface area contributed by atoms with Crippen LogP contribution in [0.25, 0.3) is 8.96 Å². The molecule has 0 aliphatic rings. The van der Waals surface area contributed by atoms with Gasteiger partial charge in [0.1, 0.15) is 0 Å². The molecule has 88 valence electrons. The van der Waals surface area contributed by atoms with Gasteiger partial charge in [-0.15, -0.1) is 0 Å². The van der Waals surface area contributed by atoms with Gasteiger partial charge in [-0.05, 0) is 0 Å². The molecule has 2 rings (SSSR count). The molecule has 2 heteroatoms. The molecule has 0 N–H and O–H groups in total. The van der Waals surface area contributed by atoms with Crippen molar-refractivity contribution in [3.63, 3.8) is 0 Å². The third-order valence-electron chi connectivity index (χ3n) is 3.05. The number of fused-ring (bicyclic) bond motifs is 1. The van der Waals surface area contributed by atoms with E-state index in [1.54, 1.807) is 14.5 Å². The van der Waals surface area contributed by atoms with Crippen molar-refractivity contribution >= 4 is 34.8 Å². The molecule has 0 atom stereocenters. The molecule has 0 amide bonds. The van der Waals surface area contributed by atoms with E-state index >= 15 is 0 Å². The van der Waals surface area contributed by atoms with Gasteiger partial charge in [-0.25, -0.2) is 0 Å². The minimum atomic E-state index is 0.668. The summed E-state index contributed by atoms with van der Waals surface area (Å²) in [4.78, 5) is 0. The summed E-state index contributed by atoms with van der Waals surface area (Å²) in [6.07, 6.45) is 8.06. The van der Waals surface area contributed by atoms with Gasteiger partial charge in [0, 0.05) is 0 Å². The zero-order valence-corrected chi connectivity index (χ0v) is 12.7. The van der Waals surface area contributed by atoms with E-state index in [0.717, 1.165) is 0 Å². The Labute approximate surface area is 108 Å². The molecule has 0 saturated heterocycles. The predicted molar refractivity (Wildman–Crippen MR) is 76.0 cm³/mol. The molecule has 0 aromatic carbocycles. The average Bonchev–Trinajstić information content (AvgIpc) is 2.84. The fourth-order valence-electron chi connectivity index (χ4n) is 2.09. The van der Waals surface area contributed by atoms with E-state index in [1.165, 1.54) is 38.5 Å². The monoisotopic (exact) mass is 300 g/mol. The summed E-state index contributed by atoms with van der Waals surface area (Å²) in [5.74, 6) is 0. The second-order valence-corrected chi connectivity index (χ2v) is 8.15. The summed E-state index contributed by atoms with van der Waals surface area (Å²) in [5.41, 5.74) is 1.73. The Balaban J connectivity index is 2.26. The summed E-state index contributed by atoms with van der Waals surface area (Å²) in [6, 6.07) is 2.35. The summed E-state index contributed by atoms with van der Waals surface area (Å²) >= 11 is 2.64. The van der Waals surface area contributed by atoms with Gasteiger partial charge in [0.05, 0.1) is 0 Å². The molecule has 2 aromatic heterocycles. The molecular weight excluding hydrogens is 279 g/mol. The van der Waals surface area contributed by atoms with Crippen LogP contribution in [0.1, 0.15) is 49.5 Å². The molecule has 0 aliphatic carbocycles. The van der Waals surface area contributed by atoms with Crippen molar-refractivity contribution < 1.29 is 0 Å². The van der Waals surface area contributed by atoms with E-state index < -0.39 is 0 Å². The average molecular weight is 299 g/mol. The predicted octanol–water partition coefficient (Wildman–Crippen LogP) is 4.64. The molecule has 0 radical (unpaired) electrons. The van der Waals surface area contributed by atoms with E-state index in [0.29, 0.717) is 14.5 Å². The van der Waals surface area contributed by atoms with Crippen molar-refractivity contribution in [2.24, 2.45) is 0 Å². The molecule has 0 unspecified atom stereocenters. The van der Waals surface area contributed by atoms with E-state index in [1.807, 2.05) is 15.8 Å². The number of rotatable bonds is 6. The van der Waals surface area contributed by atoms with Crippen LogP contribution in [-0.4, -0.2) is 14.5 Å². The first-order valence-corrected chi connectivity index (χ1v) is 8.93. The van der Waals surface area contributed by atoms with Crippen LogP contribution in [0, 0.1) is 0 Å². The topological polar surface area (TPSA) is 0 Å². The van der Waals surface area contributed by atoms with Crippen molar-refractivity contribution in [3.05, 3.63) is 21.4 Å². The number of hydrogen-bond donors (Lipinski definition) is 0. The van der Waals surface area contributed by atoms with Crippen molar-refractivity contribution in [2.75, 3.05) is 0 Å². The van der Waals surface area contributed by atoms with Gasteiger partial charge in [0.15, 0.2) is 0 Å². The molecule has 16 heavy (non-hydrogen) atoms. The molecule has 0 nitrogen and oxygen atoms in total. The van der Waals surface area contributed by atoms with E-state index in [4.69, 9.17) is 0 Å². The first kappa shape index (κ1) is 12.4. The number of thiophene rings is 1. The maximum atomic E-state index is 2.35. The number of hydrogen-bond acceptors (Lipinski definition) is 1. The van der Waals surface area contributed by atoms with Crippen LogP contribution in [0.15, 0.2) is 11.4 Å². The molecular formula is C14H20SSe. The quantitative estimate of drug-likeness (QED) is 0.681. The summed E-state index contributed by atoms with van der Waals surface area (Å²) in [6.45, 7) is 4.59. The second kappa shape index (κ2) is 6.05. The Kier molecular flexibility index (Phi) is 4.69. The maximum absolute atomic E-state index is 2.35. The van der Waals surface area contributed by atoms with Crippen LogP contribution in [0.2, 0.25) is 0 Å². The molecule has 0 spiro atoms. The third kappa shape index (κ3) is 2.61. The van der Waals surface area contributed by atoms with Gasteiger partial charge in [-0.2, -0.15) is 0 Å². The minimum absolute atomic E-state index is 0.668. The Morgan fingerprint density at radius 3 is 2.62 bits per heavy atom. The summed E-state index contributed by atoms with van der Waals surface area (Å²) < 4.78 is 3.49. The van der Waals surface area contributed by atoms with Crippen LogP contribution < -0.4 is 0 Å². The first-order valence-electron chi connectivity index (χ1n) is 6.34. The van der Waals surface area contributed by atoms with Crippen molar-refractivity contribution in [2.45, 2.75) is 52.4 Å². The van der Waals surface area contributed by atoms with E-state index in [2.05, 4.69) is 25.3 Å². The molecule has 0 bridgehead atoms.